The maximum Gasteiger partial charge on any atom is 0.411 e. The summed E-state index contributed by atoms with van der Waals surface area (Å²) in [6.07, 6.45) is 2.14. The second-order valence-electron chi connectivity index (χ2n) is 12.3. The van der Waals surface area contributed by atoms with Gasteiger partial charge in [0.1, 0.15) is 11.9 Å². The molecule has 1 atom stereocenters. The third-order valence-electron chi connectivity index (χ3n) is 8.99. The Morgan fingerprint density at radius 3 is 2.35 bits per heavy atom. The van der Waals surface area contributed by atoms with E-state index < -0.39 is 12.2 Å². The summed E-state index contributed by atoms with van der Waals surface area (Å²) in [6, 6.07) is 32.6. The molecule has 1 saturated heterocycles. The van der Waals surface area contributed by atoms with Gasteiger partial charge in [-0.15, -0.1) is 0 Å². The SMILES string of the molecule is O=C(Nc1ccccc1-c1ccccc1)OC1CCN(CCc2ccc(CCNCC(O)c3ccc(O)c4[nH]c(=O)ccc34)cc2)CC1. The van der Waals surface area contributed by atoms with Crippen LogP contribution < -0.4 is 16.2 Å². The standard InChI is InChI=1S/C39H42N4O5/c44-35-16-14-32(33-15-17-37(46)42-38(33)35)36(45)26-40-22-18-27-10-12-28(13-11-27)19-23-43-24-20-30(21-25-43)48-39(47)41-34-9-5-4-8-31(34)29-6-2-1-3-7-29/h1-17,30,36,40,44-45H,18-26H2,(H,41,47)(H,42,46). The Hall–Kier alpha value is -4.96. The molecule has 1 unspecified atom stereocenters. The highest BCUT2D eigenvalue weighted by molar-refractivity contribution is 5.91. The van der Waals surface area contributed by atoms with E-state index in [4.69, 9.17) is 4.74 Å². The Morgan fingerprint density at radius 2 is 1.58 bits per heavy atom. The van der Waals surface area contributed by atoms with Crippen molar-refractivity contribution in [2.24, 2.45) is 0 Å². The van der Waals surface area contributed by atoms with Crippen molar-refractivity contribution in [3.8, 4) is 16.9 Å². The molecule has 9 nitrogen and oxygen atoms in total. The summed E-state index contributed by atoms with van der Waals surface area (Å²) >= 11 is 0. The number of pyridine rings is 1. The van der Waals surface area contributed by atoms with Gasteiger partial charge in [-0.25, -0.2) is 4.79 Å². The lowest BCUT2D eigenvalue weighted by molar-refractivity contribution is 0.0593. The number of aliphatic hydroxyl groups excluding tert-OH is 1. The number of carbonyl (C=O) groups is 1. The van der Waals surface area contributed by atoms with Gasteiger partial charge in [0.15, 0.2) is 0 Å². The highest BCUT2D eigenvalue weighted by Gasteiger charge is 2.23. The molecular formula is C39H42N4O5. The van der Waals surface area contributed by atoms with Crippen molar-refractivity contribution in [2.75, 3.05) is 38.0 Å². The van der Waals surface area contributed by atoms with E-state index in [9.17, 15) is 19.8 Å². The first-order chi connectivity index (χ1) is 23.4. The van der Waals surface area contributed by atoms with Crippen LogP contribution in [0.2, 0.25) is 0 Å². The topological polar surface area (TPSA) is 127 Å². The number of amides is 1. The quantitative estimate of drug-likeness (QED) is 0.105. The Labute approximate surface area is 280 Å². The molecule has 0 radical (unpaired) electrons. The largest absolute Gasteiger partial charge is 0.506 e. The molecule has 0 bridgehead atoms. The number of likely N-dealkylation sites (tertiary alicyclic amines) is 1. The summed E-state index contributed by atoms with van der Waals surface area (Å²) in [4.78, 5) is 29.5. The first-order valence-electron chi connectivity index (χ1n) is 16.6. The second-order valence-corrected chi connectivity index (χ2v) is 12.3. The van der Waals surface area contributed by atoms with Crippen LogP contribution in [-0.4, -0.2) is 65.0 Å². The highest BCUT2D eigenvalue weighted by atomic mass is 16.6. The molecule has 0 spiro atoms. The van der Waals surface area contributed by atoms with Gasteiger partial charge >= 0.3 is 6.09 Å². The van der Waals surface area contributed by atoms with Crippen molar-refractivity contribution < 1.29 is 19.7 Å². The molecule has 9 heteroatoms. The number of aromatic amines is 1. The summed E-state index contributed by atoms with van der Waals surface area (Å²) in [6.45, 7) is 3.81. The molecule has 4 aromatic carbocycles. The van der Waals surface area contributed by atoms with E-state index in [1.807, 2.05) is 54.6 Å². The van der Waals surface area contributed by atoms with Crippen LogP contribution in [0.15, 0.2) is 108 Å². The van der Waals surface area contributed by atoms with E-state index in [0.29, 0.717) is 29.6 Å². The molecule has 6 rings (SSSR count). The van der Waals surface area contributed by atoms with Crippen molar-refractivity contribution in [1.29, 1.82) is 0 Å². The molecule has 1 amide bonds. The van der Waals surface area contributed by atoms with Gasteiger partial charge in [0.05, 0.1) is 17.3 Å². The third kappa shape index (κ3) is 8.49. The van der Waals surface area contributed by atoms with Crippen LogP contribution >= 0.6 is 0 Å². The summed E-state index contributed by atoms with van der Waals surface area (Å²) in [5.74, 6) is -0.0204. The van der Waals surface area contributed by atoms with Crippen LogP contribution in [-0.2, 0) is 17.6 Å². The van der Waals surface area contributed by atoms with Gasteiger partial charge in [-0.2, -0.15) is 0 Å². The number of H-pyrrole nitrogens is 1. The lowest BCUT2D eigenvalue weighted by Crippen LogP contribution is -2.39. The number of nitrogens with one attached hydrogen (secondary N) is 3. The van der Waals surface area contributed by atoms with E-state index in [0.717, 1.165) is 62.1 Å². The summed E-state index contributed by atoms with van der Waals surface area (Å²) < 4.78 is 5.79. The number of para-hydroxylation sites is 1. The van der Waals surface area contributed by atoms with Crippen LogP contribution in [0.4, 0.5) is 10.5 Å². The van der Waals surface area contributed by atoms with Gasteiger partial charge in [-0.05, 0) is 72.7 Å². The number of phenols is 1. The Morgan fingerprint density at radius 1 is 0.875 bits per heavy atom. The number of benzene rings is 4. The maximum atomic E-state index is 12.7. The number of piperidine rings is 1. The molecular weight excluding hydrogens is 604 g/mol. The predicted molar refractivity (Wildman–Crippen MR) is 189 cm³/mol. The van der Waals surface area contributed by atoms with Gasteiger partial charge in [-0.3, -0.25) is 10.1 Å². The Kier molecular flexibility index (Phi) is 10.8. The number of phenolic OH excluding ortho intramolecular Hbond substituents is 1. The molecule has 248 valence electrons. The number of rotatable bonds is 12. The first-order valence-corrected chi connectivity index (χ1v) is 16.6. The molecule has 48 heavy (non-hydrogen) atoms. The van der Waals surface area contributed by atoms with Gasteiger partial charge in [-0.1, -0.05) is 78.9 Å². The van der Waals surface area contributed by atoms with Crippen LogP contribution in [0, 0.1) is 0 Å². The van der Waals surface area contributed by atoms with E-state index in [1.165, 1.54) is 23.3 Å². The van der Waals surface area contributed by atoms with Crippen molar-refractivity contribution >= 4 is 22.7 Å². The highest BCUT2D eigenvalue weighted by Crippen LogP contribution is 2.29. The number of aliphatic hydroxyl groups is 1. The van der Waals surface area contributed by atoms with Crippen molar-refractivity contribution in [1.82, 2.24) is 15.2 Å². The fourth-order valence-electron chi connectivity index (χ4n) is 6.29. The molecule has 1 aliphatic heterocycles. The van der Waals surface area contributed by atoms with Crippen LogP contribution in [0.3, 0.4) is 0 Å². The number of nitrogens with zero attached hydrogens (tertiary/aromatic N) is 1. The molecule has 5 N–H and O–H groups in total. The van der Waals surface area contributed by atoms with Gasteiger partial charge in [0.25, 0.3) is 0 Å². The molecule has 5 aromatic rings. The third-order valence-corrected chi connectivity index (χ3v) is 8.99. The van der Waals surface area contributed by atoms with Crippen LogP contribution in [0.1, 0.15) is 35.6 Å². The summed E-state index contributed by atoms with van der Waals surface area (Å²) in [5, 5.41) is 27.7. The van der Waals surface area contributed by atoms with E-state index in [1.54, 1.807) is 12.1 Å². The predicted octanol–water partition coefficient (Wildman–Crippen LogP) is 6.02. The zero-order valence-electron chi connectivity index (χ0n) is 26.9. The fourth-order valence-corrected chi connectivity index (χ4v) is 6.29. The number of aromatic nitrogens is 1. The number of hydrogen-bond acceptors (Lipinski definition) is 7. The number of carbonyl (C=O) groups excluding carboxylic acids is 1. The van der Waals surface area contributed by atoms with Crippen molar-refractivity contribution in [3.05, 3.63) is 130 Å². The lowest BCUT2D eigenvalue weighted by atomic mass is 10.0. The average Bonchev–Trinajstić information content (AvgIpc) is 3.11. The smallest absolute Gasteiger partial charge is 0.411 e. The molecule has 1 aliphatic rings. The molecule has 1 fully saturated rings. The maximum absolute atomic E-state index is 12.7. The molecule has 0 saturated carbocycles. The van der Waals surface area contributed by atoms with Crippen molar-refractivity contribution in [2.45, 2.75) is 37.9 Å². The molecule has 1 aromatic heterocycles. The Balaban J connectivity index is 0.888. The monoisotopic (exact) mass is 646 g/mol. The van der Waals surface area contributed by atoms with Crippen LogP contribution in [0.25, 0.3) is 22.0 Å². The first kappa shape index (κ1) is 33.0. The van der Waals surface area contributed by atoms with Gasteiger partial charge in [0, 0.05) is 43.2 Å². The van der Waals surface area contributed by atoms with E-state index >= 15 is 0 Å². The average molecular weight is 647 g/mol. The number of aromatic hydroxyl groups is 1. The summed E-state index contributed by atoms with van der Waals surface area (Å²) in [5.41, 5.74) is 5.94. The van der Waals surface area contributed by atoms with E-state index in [-0.39, 0.29) is 17.4 Å². The van der Waals surface area contributed by atoms with E-state index in [2.05, 4.69) is 44.8 Å². The van der Waals surface area contributed by atoms with Gasteiger partial charge < -0.3 is 30.2 Å². The summed E-state index contributed by atoms with van der Waals surface area (Å²) in [7, 11) is 0. The minimum atomic E-state index is -0.780. The normalized spacial score (nSPS) is 14.5. The fraction of sp³-hybridized carbons (Fsp3) is 0.282. The minimum Gasteiger partial charge on any atom is -0.506 e. The molecule has 2 heterocycles. The second kappa shape index (κ2) is 15.8. The number of ether oxygens (including phenoxy) is 1. The molecule has 0 aliphatic carbocycles. The minimum absolute atomic E-state index is 0.0204. The number of fused-ring (bicyclic) bond motifs is 1. The van der Waals surface area contributed by atoms with Gasteiger partial charge in [0.2, 0.25) is 5.56 Å². The Bertz CT molecular complexity index is 1870. The zero-order valence-corrected chi connectivity index (χ0v) is 26.9. The number of anilines is 1. The number of hydrogen-bond donors (Lipinski definition) is 5. The zero-order chi connectivity index (χ0) is 33.3. The van der Waals surface area contributed by atoms with Crippen molar-refractivity contribution in [3.63, 3.8) is 0 Å². The van der Waals surface area contributed by atoms with Crippen LogP contribution in [0.5, 0.6) is 5.75 Å². The lowest BCUT2D eigenvalue weighted by Gasteiger charge is -2.31.